The number of hydrogen-bond donors (Lipinski definition) is 1. The number of anilines is 1. The van der Waals surface area contributed by atoms with Crippen molar-refractivity contribution in [2.24, 2.45) is 0 Å². The van der Waals surface area contributed by atoms with E-state index in [1.165, 1.54) is 0 Å². The highest BCUT2D eigenvalue weighted by atomic mass is 16.6. The number of amides is 1. The minimum absolute atomic E-state index is 0.0760. The zero-order chi connectivity index (χ0) is 16.2. The lowest BCUT2D eigenvalue weighted by Gasteiger charge is -2.24. The fourth-order valence-corrected chi connectivity index (χ4v) is 2.61. The highest BCUT2D eigenvalue weighted by Crippen LogP contribution is 2.34. The van der Waals surface area contributed by atoms with Crippen molar-refractivity contribution in [1.82, 2.24) is 0 Å². The smallest absolute Gasteiger partial charge is 0.319 e. The second-order valence-corrected chi connectivity index (χ2v) is 5.19. The van der Waals surface area contributed by atoms with Crippen LogP contribution in [0.5, 0.6) is 11.5 Å². The van der Waals surface area contributed by atoms with E-state index in [0.717, 1.165) is 5.56 Å². The average Bonchev–Trinajstić information content (AvgIpc) is 2.56. The predicted octanol–water partition coefficient (Wildman–Crippen LogP) is 3.12. The van der Waals surface area contributed by atoms with Gasteiger partial charge in [0, 0.05) is 12.1 Å². The lowest BCUT2D eigenvalue weighted by Crippen LogP contribution is -2.29. The summed E-state index contributed by atoms with van der Waals surface area (Å²) < 4.78 is 11.0. The van der Waals surface area contributed by atoms with Crippen molar-refractivity contribution in [2.45, 2.75) is 19.3 Å². The Labute approximate surface area is 134 Å². The molecule has 5 heteroatoms. The summed E-state index contributed by atoms with van der Waals surface area (Å²) >= 11 is 0. The fourth-order valence-electron chi connectivity index (χ4n) is 2.61. The molecule has 0 aliphatic carbocycles. The number of carbonyl (C=O) groups excluding carboxylic acids is 2. The number of rotatable bonds is 4. The Hall–Kier alpha value is -2.82. The molecule has 0 saturated carbocycles. The fraction of sp³-hybridized carbons (Fsp3) is 0.222. The van der Waals surface area contributed by atoms with Crippen LogP contribution in [0.4, 0.5) is 5.69 Å². The summed E-state index contributed by atoms with van der Waals surface area (Å²) in [7, 11) is 0. The maximum Gasteiger partial charge on any atom is 0.319 e. The molecule has 0 fully saturated rings. The van der Waals surface area contributed by atoms with Crippen LogP contribution < -0.4 is 14.8 Å². The van der Waals surface area contributed by atoms with Crippen LogP contribution in [0.1, 0.15) is 24.8 Å². The van der Waals surface area contributed by atoms with Gasteiger partial charge < -0.3 is 14.8 Å². The Bertz CT molecular complexity index is 741. The van der Waals surface area contributed by atoms with Gasteiger partial charge in [0.15, 0.2) is 11.5 Å². The van der Waals surface area contributed by atoms with E-state index >= 15 is 0 Å². The second-order valence-electron chi connectivity index (χ2n) is 5.19. The summed E-state index contributed by atoms with van der Waals surface area (Å²) in [6, 6.07) is 14.3. The third-order valence-electron chi connectivity index (χ3n) is 3.64. The molecule has 23 heavy (non-hydrogen) atoms. The molecular weight excluding hydrogens is 294 g/mol. The SMILES string of the molecule is CCOc1ccccc1OC(=O)C1CC(=O)Nc2ccccc21. The standard InChI is InChI=1S/C18H17NO4/c1-2-22-15-9-5-6-10-16(15)23-18(21)13-11-17(20)19-14-8-4-3-7-12(13)14/h3-10,13H,2,11H2,1H3,(H,19,20). The Morgan fingerprint density at radius 2 is 1.83 bits per heavy atom. The number of esters is 1. The van der Waals surface area contributed by atoms with Crippen molar-refractivity contribution >= 4 is 17.6 Å². The summed E-state index contributed by atoms with van der Waals surface area (Å²) in [5.74, 6) is -0.391. The molecule has 1 aliphatic heterocycles. The molecule has 1 N–H and O–H groups in total. The van der Waals surface area contributed by atoms with Crippen LogP contribution in [0, 0.1) is 0 Å². The largest absolute Gasteiger partial charge is 0.490 e. The number of fused-ring (bicyclic) bond motifs is 1. The van der Waals surface area contributed by atoms with Crippen LogP contribution >= 0.6 is 0 Å². The van der Waals surface area contributed by atoms with Crippen LogP contribution in [-0.2, 0) is 9.59 Å². The van der Waals surface area contributed by atoms with Crippen molar-refractivity contribution in [3.8, 4) is 11.5 Å². The van der Waals surface area contributed by atoms with Gasteiger partial charge in [-0.05, 0) is 30.7 Å². The molecular formula is C18H17NO4. The molecule has 1 aliphatic rings. The number of ether oxygens (including phenoxy) is 2. The first-order valence-electron chi connectivity index (χ1n) is 7.51. The Morgan fingerprint density at radius 1 is 1.13 bits per heavy atom. The Balaban J connectivity index is 1.86. The van der Waals surface area contributed by atoms with Gasteiger partial charge in [-0.2, -0.15) is 0 Å². The first kappa shape index (κ1) is 15.1. The minimum atomic E-state index is -0.616. The normalized spacial score (nSPS) is 16.2. The molecule has 1 heterocycles. The van der Waals surface area contributed by atoms with Gasteiger partial charge in [0.25, 0.3) is 0 Å². The number of nitrogens with one attached hydrogen (secondary N) is 1. The minimum Gasteiger partial charge on any atom is -0.490 e. The molecule has 118 valence electrons. The molecule has 2 aromatic rings. The molecule has 0 aromatic heterocycles. The van der Waals surface area contributed by atoms with Gasteiger partial charge in [-0.1, -0.05) is 30.3 Å². The van der Waals surface area contributed by atoms with Crippen LogP contribution in [-0.4, -0.2) is 18.5 Å². The first-order valence-corrected chi connectivity index (χ1v) is 7.51. The van der Waals surface area contributed by atoms with E-state index in [2.05, 4.69) is 5.32 Å². The molecule has 1 atom stereocenters. The van der Waals surface area contributed by atoms with Crippen molar-refractivity contribution in [1.29, 1.82) is 0 Å². The number of benzene rings is 2. The number of carbonyl (C=O) groups is 2. The molecule has 5 nitrogen and oxygen atoms in total. The average molecular weight is 311 g/mol. The van der Waals surface area contributed by atoms with Gasteiger partial charge >= 0.3 is 5.97 Å². The van der Waals surface area contributed by atoms with E-state index in [4.69, 9.17) is 9.47 Å². The Morgan fingerprint density at radius 3 is 2.61 bits per heavy atom. The van der Waals surface area contributed by atoms with Gasteiger partial charge in [0.2, 0.25) is 5.91 Å². The zero-order valence-corrected chi connectivity index (χ0v) is 12.7. The molecule has 1 unspecified atom stereocenters. The van der Waals surface area contributed by atoms with Gasteiger partial charge in [0.05, 0.1) is 12.5 Å². The van der Waals surface area contributed by atoms with E-state index in [1.54, 1.807) is 24.3 Å². The number of para-hydroxylation sites is 3. The van der Waals surface area contributed by atoms with Gasteiger partial charge in [-0.25, -0.2) is 0 Å². The monoisotopic (exact) mass is 311 g/mol. The van der Waals surface area contributed by atoms with Gasteiger partial charge in [0.1, 0.15) is 0 Å². The molecule has 1 amide bonds. The van der Waals surface area contributed by atoms with E-state index in [1.807, 2.05) is 31.2 Å². The zero-order valence-electron chi connectivity index (χ0n) is 12.7. The van der Waals surface area contributed by atoms with Crippen molar-refractivity contribution in [2.75, 3.05) is 11.9 Å². The maximum absolute atomic E-state index is 12.6. The lowest BCUT2D eigenvalue weighted by atomic mass is 9.91. The molecule has 2 aromatic carbocycles. The molecule has 0 saturated heterocycles. The van der Waals surface area contributed by atoms with Crippen LogP contribution in [0.2, 0.25) is 0 Å². The third kappa shape index (κ3) is 3.18. The summed E-state index contributed by atoms with van der Waals surface area (Å²) in [5.41, 5.74) is 1.43. The summed E-state index contributed by atoms with van der Waals surface area (Å²) in [6.07, 6.45) is 0.0760. The summed E-state index contributed by atoms with van der Waals surface area (Å²) in [6.45, 7) is 2.34. The number of hydrogen-bond acceptors (Lipinski definition) is 4. The quantitative estimate of drug-likeness (QED) is 0.696. The first-order chi connectivity index (χ1) is 11.2. The molecule has 3 rings (SSSR count). The third-order valence-corrected chi connectivity index (χ3v) is 3.64. The Kier molecular flexibility index (Phi) is 4.28. The van der Waals surface area contributed by atoms with Gasteiger partial charge in [-0.3, -0.25) is 9.59 Å². The topological polar surface area (TPSA) is 64.6 Å². The van der Waals surface area contributed by atoms with Crippen molar-refractivity contribution < 1.29 is 19.1 Å². The highest BCUT2D eigenvalue weighted by molar-refractivity contribution is 6.00. The van der Waals surface area contributed by atoms with E-state index in [9.17, 15) is 9.59 Å². The van der Waals surface area contributed by atoms with E-state index in [0.29, 0.717) is 23.8 Å². The molecule has 0 bridgehead atoms. The van der Waals surface area contributed by atoms with Gasteiger partial charge in [-0.15, -0.1) is 0 Å². The summed E-state index contributed by atoms with van der Waals surface area (Å²) in [5, 5.41) is 2.77. The van der Waals surface area contributed by atoms with E-state index < -0.39 is 11.9 Å². The van der Waals surface area contributed by atoms with Crippen molar-refractivity contribution in [3.05, 3.63) is 54.1 Å². The van der Waals surface area contributed by atoms with Crippen molar-refractivity contribution in [3.63, 3.8) is 0 Å². The maximum atomic E-state index is 12.6. The predicted molar refractivity (Wildman–Crippen MR) is 85.7 cm³/mol. The highest BCUT2D eigenvalue weighted by Gasteiger charge is 2.32. The van der Waals surface area contributed by atoms with E-state index in [-0.39, 0.29) is 12.3 Å². The molecule has 0 radical (unpaired) electrons. The van der Waals surface area contributed by atoms with Crippen LogP contribution in [0.25, 0.3) is 0 Å². The second kappa shape index (κ2) is 6.52. The van der Waals surface area contributed by atoms with Crippen LogP contribution in [0.15, 0.2) is 48.5 Å². The lowest BCUT2D eigenvalue weighted by molar-refractivity contribution is -0.138. The molecule has 0 spiro atoms. The van der Waals surface area contributed by atoms with Crippen LogP contribution in [0.3, 0.4) is 0 Å². The summed E-state index contributed by atoms with van der Waals surface area (Å²) in [4.78, 5) is 24.4.